The number of nitrogens with one attached hydrogen (secondary N) is 1. The summed E-state index contributed by atoms with van der Waals surface area (Å²) in [5.41, 5.74) is 4.35. The van der Waals surface area contributed by atoms with Gasteiger partial charge >= 0.3 is 0 Å². The number of ether oxygens (including phenoxy) is 1. The molecule has 1 N–H and O–H groups in total. The van der Waals surface area contributed by atoms with Crippen LogP contribution >= 0.6 is 0 Å². The molecule has 0 radical (unpaired) electrons. The number of nitrogens with zero attached hydrogens (tertiary/aromatic N) is 1. The van der Waals surface area contributed by atoms with Gasteiger partial charge in [0, 0.05) is 5.56 Å². The molecule has 5 nitrogen and oxygen atoms in total. The molecule has 0 atom stereocenters. The van der Waals surface area contributed by atoms with Gasteiger partial charge in [-0.2, -0.15) is 0 Å². The lowest BCUT2D eigenvalue weighted by molar-refractivity contribution is 0.103. The van der Waals surface area contributed by atoms with Crippen LogP contribution in [0.15, 0.2) is 78.9 Å². The van der Waals surface area contributed by atoms with Crippen molar-refractivity contribution in [2.75, 3.05) is 17.7 Å². The van der Waals surface area contributed by atoms with Crippen molar-refractivity contribution in [3.05, 3.63) is 95.2 Å². The minimum atomic E-state index is -0.245. The zero-order valence-corrected chi connectivity index (χ0v) is 13.7. The molecule has 0 aliphatic heterocycles. The molecule has 3 aromatic rings. The van der Waals surface area contributed by atoms with Gasteiger partial charge in [0.1, 0.15) is 5.75 Å². The zero-order valence-electron chi connectivity index (χ0n) is 13.7. The minimum Gasteiger partial charge on any atom is -0.739 e. The number of methoxy groups -OCH3 is 1. The van der Waals surface area contributed by atoms with Crippen molar-refractivity contribution in [3.8, 4) is 5.75 Å². The zero-order chi connectivity index (χ0) is 17.6. The lowest BCUT2D eigenvalue weighted by Gasteiger charge is -2.33. The quantitative estimate of drug-likeness (QED) is 0.539. The monoisotopic (exact) mass is 333 g/mol. The fraction of sp³-hybridized carbons (Fsp3) is 0.0500. The summed E-state index contributed by atoms with van der Waals surface area (Å²) in [6, 6.07) is 22.7. The molecule has 0 amide bonds. The Hall–Kier alpha value is -3.31. The van der Waals surface area contributed by atoms with Crippen LogP contribution in [0.2, 0.25) is 0 Å². The maximum Gasteiger partial charge on any atom is 0.195 e. The SMILES string of the molecule is COc1ccc(N([O-])Nc2ccccc2)c(C(=O)c2ccccc2)c1. The van der Waals surface area contributed by atoms with E-state index in [9.17, 15) is 10.0 Å². The second-order valence-corrected chi connectivity index (χ2v) is 5.35. The molecule has 0 heterocycles. The van der Waals surface area contributed by atoms with E-state index in [1.165, 1.54) is 7.11 Å². The Morgan fingerprint density at radius 2 is 1.60 bits per heavy atom. The number of hydrogen-bond donors (Lipinski definition) is 1. The van der Waals surface area contributed by atoms with Crippen molar-refractivity contribution in [1.82, 2.24) is 0 Å². The summed E-state index contributed by atoms with van der Waals surface area (Å²) in [7, 11) is 1.52. The molecule has 0 fully saturated rings. The second-order valence-electron chi connectivity index (χ2n) is 5.35. The maximum atomic E-state index is 12.8. The van der Waals surface area contributed by atoms with Crippen molar-refractivity contribution >= 4 is 17.2 Å². The number of rotatable bonds is 6. The van der Waals surface area contributed by atoms with Gasteiger partial charge in [0.2, 0.25) is 0 Å². The molecule has 0 unspecified atom stereocenters. The fourth-order valence-corrected chi connectivity index (χ4v) is 2.44. The summed E-state index contributed by atoms with van der Waals surface area (Å²) < 4.78 is 5.20. The van der Waals surface area contributed by atoms with Gasteiger partial charge in [0.15, 0.2) is 5.78 Å². The Kier molecular flexibility index (Phi) is 4.97. The summed E-state index contributed by atoms with van der Waals surface area (Å²) in [6.45, 7) is 0. The first-order valence-corrected chi connectivity index (χ1v) is 7.76. The average molecular weight is 333 g/mol. The standard InChI is InChI=1S/C20H17N2O3/c1-25-17-12-13-19(22(24)21-16-10-6-3-7-11-16)18(14-17)20(23)15-8-4-2-5-9-15/h2-14,21H,1H3/q-1. The van der Waals surface area contributed by atoms with Crippen LogP contribution in [0.25, 0.3) is 0 Å². The minimum absolute atomic E-state index is 0.221. The van der Waals surface area contributed by atoms with Gasteiger partial charge < -0.3 is 20.5 Å². The van der Waals surface area contributed by atoms with Crippen LogP contribution in [0, 0.1) is 5.21 Å². The molecule has 25 heavy (non-hydrogen) atoms. The van der Waals surface area contributed by atoms with Crippen molar-refractivity contribution in [2.45, 2.75) is 0 Å². The third-order valence-corrected chi connectivity index (χ3v) is 3.71. The van der Waals surface area contributed by atoms with Crippen molar-refractivity contribution in [2.24, 2.45) is 0 Å². The molecule has 0 spiro atoms. The first kappa shape index (κ1) is 16.5. The third-order valence-electron chi connectivity index (χ3n) is 3.71. The Morgan fingerprint density at radius 3 is 2.24 bits per heavy atom. The van der Waals surface area contributed by atoms with Crippen LogP contribution in [0.4, 0.5) is 11.4 Å². The number of carbonyl (C=O) groups is 1. The highest BCUT2D eigenvalue weighted by Gasteiger charge is 2.16. The number of para-hydroxylation sites is 1. The smallest absolute Gasteiger partial charge is 0.195 e. The average Bonchev–Trinajstić information content (AvgIpc) is 2.68. The van der Waals surface area contributed by atoms with Crippen LogP contribution in [0.5, 0.6) is 5.75 Å². The van der Waals surface area contributed by atoms with E-state index in [0.717, 1.165) is 0 Å². The lowest BCUT2D eigenvalue weighted by Crippen LogP contribution is -2.24. The van der Waals surface area contributed by atoms with E-state index in [1.807, 2.05) is 24.3 Å². The third kappa shape index (κ3) is 3.79. The molecule has 5 heteroatoms. The predicted molar refractivity (Wildman–Crippen MR) is 98.8 cm³/mol. The Morgan fingerprint density at radius 1 is 0.960 bits per heavy atom. The van der Waals surface area contributed by atoms with Gasteiger partial charge in [-0.05, 0) is 30.3 Å². The largest absolute Gasteiger partial charge is 0.739 e. The molecule has 3 rings (SSSR count). The summed E-state index contributed by atoms with van der Waals surface area (Å²) >= 11 is 0. The van der Waals surface area contributed by atoms with Crippen LogP contribution < -0.4 is 15.3 Å². The summed E-state index contributed by atoms with van der Waals surface area (Å²) in [5.74, 6) is 0.265. The molecule has 0 saturated heterocycles. The normalized spacial score (nSPS) is 10.2. The molecule has 3 aromatic carbocycles. The number of hydrazine groups is 1. The molecule has 0 aromatic heterocycles. The Balaban J connectivity index is 1.97. The van der Waals surface area contributed by atoms with E-state index in [0.29, 0.717) is 22.2 Å². The molecule has 126 valence electrons. The van der Waals surface area contributed by atoms with Gasteiger partial charge in [0.05, 0.1) is 24.0 Å². The van der Waals surface area contributed by atoms with E-state index in [4.69, 9.17) is 4.74 Å². The Bertz CT molecular complexity index is 851. The second kappa shape index (κ2) is 7.51. The van der Waals surface area contributed by atoms with Crippen molar-refractivity contribution in [1.29, 1.82) is 0 Å². The van der Waals surface area contributed by atoms with Gasteiger partial charge in [-0.1, -0.05) is 48.5 Å². The van der Waals surface area contributed by atoms with E-state index < -0.39 is 0 Å². The van der Waals surface area contributed by atoms with Gasteiger partial charge in [0.25, 0.3) is 0 Å². The van der Waals surface area contributed by atoms with Gasteiger partial charge in [-0.25, -0.2) is 0 Å². The first-order chi connectivity index (χ1) is 12.2. The molecular formula is C20H17N2O3-. The molecule has 0 aliphatic carbocycles. The number of anilines is 2. The maximum absolute atomic E-state index is 12.8. The van der Waals surface area contributed by atoms with E-state index >= 15 is 0 Å². The van der Waals surface area contributed by atoms with Crippen molar-refractivity contribution in [3.63, 3.8) is 0 Å². The highest BCUT2D eigenvalue weighted by molar-refractivity contribution is 6.12. The number of benzene rings is 3. The van der Waals surface area contributed by atoms with Crippen LogP contribution in [-0.2, 0) is 0 Å². The van der Waals surface area contributed by atoms with E-state index in [2.05, 4.69) is 5.43 Å². The number of hydrogen-bond acceptors (Lipinski definition) is 5. The van der Waals surface area contributed by atoms with Crippen LogP contribution in [-0.4, -0.2) is 12.9 Å². The number of carbonyl (C=O) groups excluding carboxylic acids is 1. The van der Waals surface area contributed by atoms with Gasteiger partial charge in [-0.3, -0.25) is 4.79 Å². The topological polar surface area (TPSA) is 64.6 Å². The van der Waals surface area contributed by atoms with E-state index in [1.54, 1.807) is 54.6 Å². The summed E-state index contributed by atoms with van der Waals surface area (Å²) in [4.78, 5) is 12.8. The summed E-state index contributed by atoms with van der Waals surface area (Å²) in [5, 5.41) is 13.2. The first-order valence-electron chi connectivity index (χ1n) is 7.76. The van der Waals surface area contributed by atoms with Crippen LogP contribution in [0.1, 0.15) is 15.9 Å². The van der Waals surface area contributed by atoms with E-state index in [-0.39, 0.29) is 17.0 Å². The number of ketones is 1. The molecular weight excluding hydrogens is 316 g/mol. The molecule has 0 saturated carbocycles. The van der Waals surface area contributed by atoms with Gasteiger partial charge in [-0.15, -0.1) is 0 Å². The summed E-state index contributed by atoms with van der Waals surface area (Å²) in [6.07, 6.45) is 0. The highest BCUT2D eigenvalue weighted by atomic mass is 16.5. The Labute approximate surface area is 146 Å². The predicted octanol–water partition coefficient (Wildman–Crippen LogP) is 4.26. The lowest BCUT2D eigenvalue weighted by atomic mass is 10.0. The molecule has 0 bridgehead atoms. The van der Waals surface area contributed by atoms with Crippen LogP contribution in [0.3, 0.4) is 0 Å². The van der Waals surface area contributed by atoms with Crippen molar-refractivity contribution < 1.29 is 9.53 Å². The fourth-order valence-electron chi connectivity index (χ4n) is 2.44. The highest BCUT2D eigenvalue weighted by Crippen LogP contribution is 2.28. The molecule has 0 aliphatic rings.